The number of hydrogen-bond acceptors (Lipinski definition) is 5. The van der Waals surface area contributed by atoms with Gasteiger partial charge >= 0.3 is 0 Å². The van der Waals surface area contributed by atoms with Gasteiger partial charge in [-0.15, -0.1) is 0 Å². The lowest BCUT2D eigenvalue weighted by molar-refractivity contribution is 0.174. The first-order valence-corrected chi connectivity index (χ1v) is 5.98. The van der Waals surface area contributed by atoms with Gasteiger partial charge < -0.3 is 19.5 Å². The number of rotatable bonds is 4. The minimum Gasteiger partial charge on any atom is -0.493 e. The predicted molar refractivity (Wildman–Crippen MR) is 70.7 cm³/mol. The van der Waals surface area contributed by atoms with Crippen molar-refractivity contribution in [3.63, 3.8) is 0 Å². The average Bonchev–Trinajstić information content (AvgIpc) is 2.93. The van der Waals surface area contributed by atoms with Crippen LogP contribution in [0.1, 0.15) is 5.56 Å². The molecule has 1 N–H and O–H groups in total. The van der Waals surface area contributed by atoms with Crippen molar-refractivity contribution in [1.82, 2.24) is 4.98 Å². The van der Waals surface area contributed by atoms with E-state index in [4.69, 9.17) is 14.2 Å². The highest BCUT2D eigenvalue weighted by Crippen LogP contribution is 2.32. The summed E-state index contributed by atoms with van der Waals surface area (Å²) in [5, 5.41) is 3.24. The van der Waals surface area contributed by atoms with Gasteiger partial charge in [0.1, 0.15) is 0 Å². The van der Waals surface area contributed by atoms with E-state index in [9.17, 15) is 0 Å². The first-order valence-electron chi connectivity index (χ1n) is 5.98. The second-order valence-electron chi connectivity index (χ2n) is 4.10. The summed E-state index contributed by atoms with van der Waals surface area (Å²) >= 11 is 0. The Bertz CT molecular complexity index is 587. The van der Waals surface area contributed by atoms with Gasteiger partial charge in [0.05, 0.1) is 7.11 Å². The third-order valence-electron chi connectivity index (χ3n) is 2.89. The van der Waals surface area contributed by atoms with E-state index in [1.807, 2.05) is 30.3 Å². The van der Waals surface area contributed by atoms with Crippen molar-refractivity contribution in [2.24, 2.45) is 0 Å². The fraction of sp³-hybridized carbons (Fsp3) is 0.214. The molecule has 98 valence electrons. The van der Waals surface area contributed by atoms with Crippen LogP contribution in [0.2, 0.25) is 0 Å². The first kappa shape index (κ1) is 11.6. The summed E-state index contributed by atoms with van der Waals surface area (Å²) in [7, 11) is 1.63. The summed E-state index contributed by atoms with van der Waals surface area (Å²) in [4.78, 5) is 4.25. The van der Waals surface area contributed by atoms with Gasteiger partial charge in [-0.05, 0) is 29.8 Å². The van der Waals surface area contributed by atoms with E-state index >= 15 is 0 Å². The van der Waals surface area contributed by atoms with Crippen molar-refractivity contribution in [3.05, 3.63) is 42.1 Å². The Morgan fingerprint density at radius 3 is 3.05 bits per heavy atom. The zero-order valence-electron chi connectivity index (χ0n) is 10.6. The monoisotopic (exact) mass is 258 g/mol. The summed E-state index contributed by atoms with van der Waals surface area (Å²) < 4.78 is 15.9. The molecule has 0 saturated carbocycles. The molecule has 0 radical (unpaired) electrons. The third kappa shape index (κ3) is 2.40. The summed E-state index contributed by atoms with van der Waals surface area (Å²) in [5.41, 5.74) is 1.09. The van der Waals surface area contributed by atoms with Crippen LogP contribution in [0.3, 0.4) is 0 Å². The lowest BCUT2D eigenvalue weighted by Gasteiger charge is -2.09. The van der Waals surface area contributed by atoms with Crippen LogP contribution in [-0.2, 0) is 6.54 Å². The molecule has 3 rings (SSSR count). The second-order valence-corrected chi connectivity index (χ2v) is 4.10. The standard InChI is InChI=1S/C14H14N2O3/c1-17-12-3-2-6-15-14(12)16-8-10-4-5-11-13(7-10)19-9-18-11/h2-7H,8-9H2,1H3,(H,15,16). The number of pyridine rings is 1. The van der Waals surface area contributed by atoms with E-state index in [0.717, 1.165) is 28.6 Å². The van der Waals surface area contributed by atoms with Crippen LogP contribution in [0.4, 0.5) is 5.82 Å². The van der Waals surface area contributed by atoms with Crippen molar-refractivity contribution in [3.8, 4) is 17.2 Å². The quantitative estimate of drug-likeness (QED) is 0.912. The molecule has 0 atom stereocenters. The first-order chi connectivity index (χ1) is 9.36. The molecule has 19 heavy (non-hydrogen) atoms. The molecule has 0 unspecified atom stereocenters. The zero-order chi connectivity index (χ0) is 13.1. The maximum atomic E-state index is 5.35. The van der Waals surface area contributed by atoms with Crippen LogP contribution in [-0.4, -0.2) is 18.9 Å². The number of methoxy groups -OCH3 is 1. The molecule has 1 aliphatic heterocycles. The molecule has 0 amide bonds. The predicted octanol–water partition coefficient (Wildman–Crippen LogP) is 2.43. The Labute approximate surface area is 111 Å². The van der Waals surface area contributed by atoms with E-state index < -0.39 is 0 Å². The summed E-state index contributed by atoms with van der Waals surface area (Å²) in [6, 6.07) is 9.58. The molecule has 5 heteroatoms. The molecule has 2 heterocycles. The number of nitrogens with zero attached hydrogens (tertiary/aromatic N) is 1. The molecule has 0 aliphatic carbocycles. The number of aromatic nitrogens is 1. The zero-order valence-corrected chi connectivity index (χ0v) is 10.6. The fourth-order valence-electron chi connectivity index (χ4n) is 1.92. The molecular weight excluding hydrogens is 244 g/mol. The number of anilines is 1. The van der Waals surface area contributed by atoms with Gasteiger partial charge in [0, 0.05) is 12.7 Å². The van der Waals surface area contributed by atoms with Crippen LogP contribution in [0.5, 0.6) is 17.2 Å². The minimum atomic E-state index is 0.292. The van der Waals surface area contributed by atoms with E-state index in [-0.39, 0.29) is 0 Å². The SMILES string of the molecule is COc1cccnc1NCc1ccc2c(c1)OCO2. The topological polar surface area (TPSA) is 52.6 Å². The Balaban J connectivity index is 1.72. The van der Waals surface area contributed by atoms with Crippen LogP contribution in [0, 0.1) is 0 Å². The highest BCUT2D eigenvalue weighted by molar-refractivity contribution is 5.51. The molecule has 1 aliphatic rings. The van der Waals surface area contributed by atoms with E-state index in [1.54, 1.807) is 13.3 Å². The van der Waals surface area contributed by atoms with Crippen molar-refractivity contribution in [2.75, 3.05) is 19.2 Å². The molecule has 5 nitrogen and oxygen atoms in total. The van der Waals surface area contributed by atoms with Crippen molar-refractivity contribution < 1.29 is 14.2 Å². The minimum absolute atomic E-state index is 0.292. The normalized spacial score (nSPS) is 12.3. The highest BCUT2D eigenvalue weighted by atomic mass is 16.7. The lowest BCUT2D eigenvalue weighted by atomic mass is 10.2. The van der Waals surface area contributed by atoms with Crippen molar-refractivity contribution in [1.29, 1.82) is 0 Å². The fourth-order valence-corrected chi connectivity index (χ4v) is 1.92. The molecular formula is C14H14N2O3. The Morgan fingerprint density at radius 2 is 2.16 bits per heavy atom. The Hall–Kier alpha value is -2.43. The Morgan fingerprint density at radius 1 is 1.26 bits per heavy atom. The number of nitrogens with one attached hydrogen (secondary N) is 1. The van der Waals surface area contributed by atoms with E-state index in [1.165, 1.54) is 0 Å². The maximum absolute atomic E-state index is 5.35. The summed E-state index contributed by atoms with van der Waals surface area (Å²) in [6.45, 7) is 0.935. The Kier molecular flexibility index (Phi) is 3.10. The molecule has 0 spiro atoms. The van der Waals surface area contributed by atoms with Crippen LogP contribution in [0.25, 0.3) is 0 Å². The lowest BCUT2D eigenvalue weighted by Crippen LogP contribution is -2.03. The number of ether oxygens (including phenoxy) is 3. The summed E-state index contributed by atoms with van der Waals surface area (Å²) in [5.74, 6) is 3.03. The van der Waals surface area contributed by atoms with Crippen molar-refractivity contribution in [2.45, 2.75) is 6.54 Å². The van der Waals surface area contributed by atoms with Crippen LogP contribution >= 0.6 is 0 Å². The third-order valence-corrected chi connectivity index (χ3v) is 2.89. The molecule has 0 saturated heterocycles. The average molecular weight is 258 g/mol. The number of hydrogen-bond donors (Lipinski definition) is 1. The number of benzene rings is 1. The largest absolute Gasteiger partial charge is 0.493 e. The smallest absolute Gasteiger partial charge is 0.231 e. The van der Waals surface area contributed by atoms with Crippen molar-refractivity contribution >= 4 is 5.82 Å². The van der Waals surface area contributed by atoms with Gasteiger partial charge in [0.2, 0.25) is 6.79 Å². The molecule has 1 aromatic carbocycles. The van der Waals surface area contributed by atoms with Gasteiger partial charge in [-0.25, -0.2) is 4.98 Å². The van der Waals surface area contributed by atoms with Gasteiger partial charge in [-0.2, -0.15) is 0 Å². The van der Waals surface area contributed by atoms with Gasteiger partial charge in [-0.1, -0.05) is 6.07 Å². The van der Waals surface area contributed by atoms with E-state index in [2.05, 4.69) is 10.3 Å². The van der Waals surface area contributed by atoms with Gasteiger partial charge in [-0.3, -0.25) is 0 Å². The number of fused-ring (bicyclic) bond motifs is 1. The highest BCUT2D eigenvalue weighted by Gasteiger charge is 2.13. The van der Waals surface area contributed by atoms with E-state index in [0.29, 0.717) is 13.3 Å². The molecule has 0 bridgehead atoms. The summed E-state index contributed by atoms with van der Waals surface area (Å²) in [6.07, 6.45) is 1.73. The molecule has 1 aromatic heterocycles. The molecule has 2 aromatic rings. The van der Waals surface area contributed by atoms with Crippen LogP contribution in [0.15, 0.2) is 36.5 Å². The maximum Gasteiger partial charge on any atom is 0.231 e. The second kappa shape index (κ2) is 5.06. The van der Waals surface area contributed by atoms with Gasteiger partial charge in [0.15, 0.2) is 23.1 Å². The van der Waals surface area contributed by atoms with Gasteiger partial charge in [0.25, 0.3) is 0 Å². The van der Waals surface area contributed by atoms with Crippen LogP contribution < -0.4 is 19.5 Å². The molecule has 0 fully saturated rings.